The minimum Gasteiger partial charge on any atom is -0.466 e. The Morgan fingerprint density at radius 2 is 0.586 bits per heavy atom. The fraction of sp³-hybridized carbons (Fsp3) is 0.969. The van der Waals surface area contributed by atoms with Crippen molar-refractivity contribution in [2.24, 2.45) is 0 Å². The lowest BCUT2D eigenvalue weighted by molar-refractivity contribution is -0.143. The zero-order valence-electron chi connectivity index (χ0n) is 47.8. The first-order chi connectivity index (χ1) is 34.5. The van der Waals surface area contributed by atoms with E-state index in [2.05, 4.69) is 19.2 Å². The summed E-state index contributed by atoms with van der Waals surface area (Å²) in [6.07, 6.45) is 71.3. The van der Waals surface area contributed by atoms with Crippen molar-refractivity contribution >= 4 is 11.9 Å². The minimum absolute atomic E-state index is 0.0203. The average Bonchev–Trinajstić information content (AvgIpc) is 3.36. The van der Waals surface area contributed by atoms with Crippen LogP contribution in [0.25, 0.3) is 0 Å². The Balaban J connectivity index is 3.32. The van der Waals surface area contributed by atoms with Crippen LogP contribution in [0.3, 0.4) is 0 Å². The maximum atomic E-state index is 12.5. The van der Waals surface area contributed by atoms with E-state index in [9.17, 15) is 19.8 Å². The van der Waals surface area contributed by atoms with Crippen LogP contribution in [0.15, 0.2) is 0 Å². The molecule has 0 aliphatic carbocycles. The first-order valence-electron chi connectivity index (χ1n) is 32.3. The molecule has 3 N–H and O–H groups in total. The van der Waals surface area contributed by atoms with Gasteiger partial charge in [-0.05, 0) is 25.7 Å². The van der Waals surface area contributed by atoms with Gasteiger partial charge < -0.3 is 20.3 Å². The quantitative estimate of drug-likeness (QED) is 0.0417. The Labute approximate surface area is 438 Å². The van der Waals surface area contributed by atoms with E-state index >= 15 is 0 Å². The topological polar surface area (TPSA) is 95.9 Å². The number of carbonyl (C=O) groups is 2. The number of rotatable bonds is 61. The molecule has 0 fully saturated rings. The van der Waals surface area contributed by atoms with Crippen LogP contribution in [0, 0.1) is 0 Å². The molecule has 0 saturated heterocycles. The monoisotopic (exact) mass is 990 g/mol. The Hall–Kier alpha value is -1.14. The van der Waals surface area contributed by atoms with Crippen molar-refractivity contribution in [3.63, 3.8) is 0 Å². The van der Waals surface area contributed by atoms with Crippen LogP contribution in [0.4, 0.5) is 0 Å². The van der Waals surface area contributed by atoms with Gasteiger partial charge in [-0.3, -0.25) is 9.59 Å². The number of amides is 1. The molecule has 2 unspecified atom stereocenters. The number of ether oxygens (including phenoxy) is 1. The maximum Gasteiger partial charge on any atom is 0.305 e. The molecule has 1 amide bonds. The lowest BCUT2D eigenvalue weighted by atomic mass is 10.0. The molecule has 418 valence electrons. The molecule has 0 aromatic carbocycles. The lowest BCUT2D eigenvalue weighted by Gasteiger charge is -2.22. The fourth-order valence-corrected chi connectivity index (χ4v) is 10.5. The highest BCUT2D eigenvalue weighted by Gasteiger charge is 2.20. The van der Waals surface area contributed by atoms with Gasteiger partial charge in [-0.25, -0.2) is 0 Å². The summed E-state index contributed by atoms with van der Waals surface area (Å²) in [5.74, 6) is -0.0105. The summed E-state index contributed by atoms with van der Waals surface area (Å²) < 4.78 is 5.50. The van der Waals surface area contributed by atoms with E-state index in [1.54, 1.807) is 0 Å². The van der Waals surface area contributed by atoms with E-state index in [4.69, 9.17) is 4.74 Å². The molecule has 0 spiro atoms. The number of aliphatic hydroxyl groups is 2. The molecule has 0 aliphatic heterocycles. The van der Waals surface area contributed by atoms with Crippen molar-refractivity contribution in [3.05, 3.63) is 0 Å². The third-order valence-electron chi connectivity index (χ3n) is 15.4. The molecule has 2 atom stereocenters. The second kappa shape index (κ2) is 60.4. The van der Waals surface area contributed by atoms with Gasteiger partial charge in [-0.15, -0.1) is 0 Å². The third kappa shape index (κ3) is 56.2. The Morgan fingerprint density at radius 3 is 0.871 bits per heavy atom. The molecular weight excluding hydrogens is 863 g/mol. The van der Waals surface area contributed by atoms with E-state index in [0.717, 1.165) is 38.5 Å². The van der Waals surface area contributed by atoms with Gasteiger partial charge in [0.2, 0.25) is 5.91 Å². The highest BCUT2D eigenvalue weighted by molar-refractivity contribution is 5.76. The summed E-state index contributed by atoms with van der Waals surface area (Å²) in [6.45, 7) is 4.99. The van der Waals surface area contributed by atoms with Crippen molar-refractivity contribution < 1.29 is 24.5 Å². The molecule has 0 aromatic heterocycles. The van der Waals surface area contributed by atoms with Gasteiger partial charge in [0.15, 0.2) is 0 Å². The summed E-state index contributed by atoms with van der Waals surface area (Å²) >= 11 is 0. The van der Waals surface area contributed by atoms with Crippen LogP contribution in [0.1, 0.15) is 373 Å². The summed E-state index contributed by atoms with van der Waals surface area (Å²) in [4.78, 5) is 24.5. The highest BCUT2D eigenvalue weighted by atomic mass is 16.5. The molecule has 6 nitrogen and oxygen atoms in total. The van der Waals surface area contributed by atoms with Crippen molar-refractivity contribution in [3.8, 4) is 0 Å². The van der Waals surface area contributed by atoms with Gasteiger partial charge in [-0.1, -0.05) is 335 Å². The number of hydrogen-bond donors (Lipinski definition) is 3. The number of hydrogen-bond acceptors (Lipinski definition) is 5. The molecule has 0 bridgehead atoms. The average molecular weight is 991 g/mol. The predicted octanol–water partition coefficient (Wildman–Crippen LogP) is 20.3. The largest absolute Gasteiger partial charge is 0.466 e. The minimum atomic E-state index is -0.661. The van der Waals surface area contributed by atoms with Gasteiger partial charge in [0.05, 0.1) is 25.4 Å². The van der Waals surface area contributed by atoms with Gasteiger partial charge in [-0.2, -0.15) is 0 Å². The summed E-state index contributed by atoms with van der Waals surface area (Å²) in [7, 11) is 0. The van der Waals surface area contributed by atoms with Gasteiger partial charge in [0, 0.05) is 12.8 Å². The SMILES string of the molecule is CCCCCCCCCCCCCCCCCC(=O)OCCCCCCCCCCCCCCCCCCCCCCCCCCCC(=O)NC(CO)C(O)CCCCCCCCCCCCCCC. The van der Waals surface area contributed by atoms with E-state index < -0.39 is 12.1 Å². The standard InChI is InChI=1S/C64H127NO5/c1-3-5-7-9-11-13-15-17-29-34-38-42-46-50-54-58-64(69)70-59-55-51-47-43-39-35-31-28-26-24-22-20-18-19-21-23-25-27-30-33-37-41-45-49-53-57-63(68)65-61(60-66)62(67)56-52-48-44-40-36-32-16-14-12-10-8-6-4-2/h61-62,66-67H,3-60H2,1-2H3,(H,65,68). The van der Waals surface area contributed by atoms with Gasteiger partial charge >= 0.3 is 5.97 Å². The second-order valence-corrected chi connectivity index (χ2v) is 22.5. The van der Waals surface area contributed by atoms with E-state index in [0.29, 0.717) is 25.9 Å². The molecule has 6 heteroatoms. The van der Waals surface area contributed by atoms with Crippen molar-refractivity contribution in [2.75, 3.05) is 13.2 Å². The van der Waals surface area contributed by atoms with E-state index in [-0.39, 0.29) is 18.5 Å². The highest BCUT2D eigenvalue weighted by Crippen LogP contribution is 2.19. The molecule has 0 heterocycles. The predicted molar refractivity (Wildman–Crippen MR) is 306 cm³/mol. The van der Waals surface area contributed by atoms with E-state index in [1.165, 1.54) is 302 Å². The normalized spacial score (nSPS) is 12.5. The van der Waals surface area contributed by atoms with Crippen LogP contribution in [-0.4, -0.2) is 47.4 Å². The first kappa shape index (κ1) is 68.9. The molecule has 0 radical (unpaired) electrons. The van der Waals surface area contributed by atoms with Crippen LogP contribution in [0.5, 0.6) is 0 Å². The number of unbranched alkanes of at least 4 members (excludes halogenated alkanes) is 50. The Morgan fingerprint density at radius 1 is 0.343 bits per heavy atom. The molecule has 0 saturated carbocycles. The Kier molecular flexibility index (Phi) is 59.4. The van der Waals surface area contributed by atoms with Crippen molar-refractivity contribution in [1.82, 2.24) is 5.32 Å². The number of aliphatic hydroxyl groups excluding tert-OH is 2. The summed E-state index contributed by atoms with van der Waals surface area (Å²) in [5, 5.41) is 23.3. The molecule has 0 rings (SSSR count). The second-order valence-electron chi connectivity index (χ2n) is 22.5. The number of esters is 1. The smallest absolute Gasteiger partial charge is 0.305 e. The van der Waals surface area contributed by atoms with Crippen molar-refractivity contribution in [1.29, 1.82) is 0 Å². The molecule has 0 aromatic rings. The lowest BCUT2D eigenvalue weighted by Crippen LogP contribution is -2.45. The first-order valence-corrected chi connectivity index (χ1v) is 32.3. The van der Waals surface area contributed by atoms with Crippen molar-refractivity contribution in [2.45, 2.75) is 386 Å². The summed E-state index contributed by atoms with van der Waals surface area (Å²) in [5.41, 5.74) is 0. The Bertz CT molecular complexity index is 1010. The fourth-order valence-electron chi connectivity index (χ4n) is 10.5. The number of carbonyl (C=O) groups excluding carboxylic acids is 2. The van der Waals surface area contributed by atoms with Gasteiger partial charge in [0.25, 0.3) is 0 Å². The van der Waals surface area contributed by atoms with Crippen LogP contribution >= 0.6 is 0 Å². The molecule has 0 aliphatic rings. The third-order valence-corrected chi connectivity index (χ3v) is 15.4. The zero-order valence-corrected chi connectivity index (χ0v) is 47.8. The van der Waals surface area contributed by atoms with Gasteiger partial charge in [0.1, 0.15) is 0 Å². The van der Waals surface area contributed by atoms with E-state index in [1.807, 2.05) is 0 Å². The maximum absolute atomic E-state index is 12.5. The van der Waals surface area contributed by atoms with Crippen LogP contribution in [-0.2, 0) is 14.3 Å². The summed E-state index contributed by atoms with van der Waals surface area (Å²) in [6, 6.07) is -0.538. The molecular formula is C64H127NO5. The van der Waals surface area contributed by atoms with Crippen LogP contribution in [0.2, 0.25) is 0 Å². The number of nitrogens with one attached hydrogen (secondary N) is 1. The molecule has 70 heavy (non-hydrogen) atoms. The zero-order chi connectivity index (χ0) is 50.7. The van der Waals surface area contributed by atoms with Crippen LogP contribution < -0.4 is 5.32 Å².